The van der Waals surface area contributed by atoms with Crippen molar-refractivity contribution in [3.63, 3.8) is 0 Å². The molecule has 3 aromatic carbocycles. The number of alkyl halides is 1. The molecule has 6 rings (SSSR count). The second-order valence-corrected chi connectivity index (χ2v) is 10.7. The zero-order valence-electron chi connectivity index (χ0n) is 17.1. The fourth-order valence-electron chi connectivity index (χ4n) is 4.15. The standard InChI is InChI=1S/C24H16Cl2N4OS2/c25-15-10-11-19-17(12-15)29(16-8-4-5-9-18(16)32-19)13-20-27-28-24(33-20)30-22(21(26)23(30)31)14-6-2-1-3-7-14/h1-12,21-22H,13H2. The fraction of sp³-hybridized carbons (Fsp3) is 0.125. The quantitative estimate of drug-likeness (QED) is 0.226. The zero-order valence-corrected chi connectivity index (χ0v) is 20.2. The maximum absolute atomic E-state index is 12.6. The van der Waals surface area contributed by atoms with Gasteiger partial charge in [-0.3, -0.25) is 9.69 Å². The van der Waals surface area contributed by atoms with Crippen LogP contribution in [0.2, 0.25) is 5.02 Å². The van der Waals surface area contributed by atoms with Crippen LogP contribution < -0.4 is 9.80 Å². The number of carbonyl (C=O) groups is 1. The Kier molecular flexibility index (Phi) is 5.30. The number of carbonyl (C=O) groups excluding carboxylic acids is 1. The highest BCUT2D eigenvalue weighted by Gasteiger charge is 2.49. The van der Waals surface area contributed by atoms with E-state index in [0.29, 0.717) is 16.7 Å². The van der Waals surface area contributed by atoms with Gasteiger partial charge in [0.2, 0.25) is 11.0 Å². The number of rotatable bonds is 4. The van der Waals surface area contributed by atoms with Gasteiger partial charge in [0, 0.05) is 14.8 Å². The first-order valence-electron chi connectivity index (χ1n) is 10.3. The SMILES string of the molecule is O=C1C(Cl)C(c2ccccc2)N1c1nnc(CN2c3ccccc3Sc3ccc(Cl)cc32)s1. The lowest BCUT2D eigenvalue weighted by atomic mass is 9.94. The fourth-order valence-corrected chi connectivity index (χ4v) is 6.62. The molecule has 1 saturated heterocycles. The maximum atomic E-state index is 12.6. The predicted octanol–water partition coefficient (Wildman–Crippen LogP) is 6.69. The third-order valence-corrected chi connectivity index (χ3v) is 8.41. The highest BCUT2D eigenvalue weighted by atomic mass is 35.5. The number of benzene rings is 3. The van der Waals surface area contributed by atoms with E-state index in [4.69, 9.17) is 23.2 Å². The molecule has 0 spiro atoms. The molecule has 0 N–H and O–H groups in total. The minimum Gasteiger partial charge on any atom is -0.333 e. The molecule has 2 atom stereocenters. The number of para-hydroxylation sites is 1. The molecular formula is C24H16Cl2N4OS2. The molecule has 2 aliphatic heterocycles. The number of halogens is 2. The van der Waals surface area contributed by atoms with E-state index >= 15 is 0 Å². The first-order chi connectivity index (χ1) is 16.1. The third kappa shape index (κ3) is 3.60. The van der Waals surface area contributed by atoms with Crippen LogP contribution in [0, 0.1) is 0 Å². The van der Waals surface area contributed by atoms with Crippen LogP contribution in [0.3, 0.4) is 0 Å². The van der Waals surface area contributed by atoms with Crippen molar-refractivity contribution in [1.82, 2.24) is 10.2 Å². The van der Waals surface area contributed by atoms with Crippen molar-refractivity contribution in [2.24, 2.45) is 0 Å². The van der Waals surface area contributed by atoms with E-state index in [2.05, 4.69) is 27.2 Å². The molecule has 3 heterocycles. The van der Waals surface area contributed by atoms with Crippen molar-refractivity contribution in [2.45, 2.75) is 27.8 Å². The number of anilines is 3. The lowest BCUT2D eigenvalue weighted by Crippen LogP contribution is -2.56. The highest BCUT2D eigenvalue weighted by molar-refractivity contribution is 7.99. The Morgan fingerprint density at radius 2 is 1.67 bits per heavy atom. The molecule has 2 unspecified atom stereocenters. The summed E-state index contributed by atoms with van der Waals surface area (Å²) >= 11 is 15.8. The molecule has 164 valence electrons. The first kappa shape index (κ1) is 21.0. The van der Waals surface area contributed by atoms with Gasteiger partial charge in [0.15, 0.2) is 0 Å². The van der Waals surface area contributed by atoms with Crippen LogP contribution in [-0.2, 0) is 11.3 Å². The van der Waals surface area contributed by atoms with Gasteiger partial charge in [-0.05, 0) is 35.9 Å². The maximum Gasteiger partial charge on any atom is 0.250 e. The van der Waals surface area contributed by atoms with Gasteiger partial charge in [-0.15, -0.1) is 21.8 Å². The van der Waals surface area contributed by atoms with Gasteiger partial charge in [-0.2, -0.15) is 0 Å². The number of β-lactam (4-membered cyclic amide) rings is 1. The zero-order chi connectivity index (χ0) is 22.5. The average Bonchev–Trinajstić information content (AvgIpc) is 3.30. The largest absolute Gasteiger partial charge is 0.333 e. The second-order valence-electron chi connectivity index (χ2n) is 7.71. The van der Waals surface area contributed by atoms with Crippen LogP contribution in [0.5, 0.6) is 0 Å². The summed E-state index contributed by atoms with van der Waals surface area (Å²) in [4.78, 5) is 18.8. The van der Waals surface area contributed by atoms with Gasteiger partial charge in [-0.1, -0.05) is 77.2 Å². The topological polar surface area (TPSA) is 49.3 Å². The third-order valence-electron chi connectivity index (χ3n) is 5.71. The molecule has 1 aromatic heterocycles. The monoisotopic (exact) mass is 510 g/mol. The minimum atomic E-state index is -0.597. The molecule has 0 bridgehead atoms. The Balaban J connectivity index is 1.33. The number of amides is 1. The molecule has 0 aliphatic carbocycles. The molecule has 0 radical (unpaired) electrons. The summed E-state index contributed by atoms with van der Waals surface area (Å²) in [6.45, 7) is 0.519. The molecule has 33 heavy (non-hydrogen) atoms. The Labute approximate surface area is 209 Å². The molecule has 5 nitrogen and oxygen atoms in total. The van der Waals surface area contributed by atoms with Crippen LogP contribution in [0.1, 0.15) is 16.6 Å². The summed E-state index contributed by atoms with van der Waals surface area (Å²) < 4.78 is 0. The number of aromatic nitrogens is 2. The van der Waals surface area contributed by atoms with Crippen molar-refractivity contribution in [1.29, 1.82) is 0 Å². The molecule has 4 aromatic rings. The van der Waals surface area contributed by atoms with Gasteiger partial charge < -0.3 is 4.90 Å². The van der Waals surface area contributed by atoms with Crippen molar-refractivity contribution < 1.29 is 4.79 Å². The molecule has 1 amide bonds. The summed E-state index contributed by atoms with van der Waals surface area (Å²) in [5.41, 5.74) is 3.11. The van der Waals surface area contributed by atoms with Crippen molar-refractivity contribution >= 4 is 68.7 Å². The van der Waals surface area contributed by atoms with E-state index in [9.17, 15) is 4.79 Å². The number of hydrogen-bond donors (Lipinski definition) is 0. The number of hydrogen-bond acceptors (Lipinski definition) is 6. The van der Waals surface area contributed by atoms with Gasteiger partial charge in [0.25, 0.3) is 0 Å². The second kappa shape index (κ2) is 8.33. The van der Waals surface area contributed by atoms with Gasteiger partial charge in [-0.25, -0.2) is 0 Å². The summed E-state index contributed by atoms with van der Waals surface area (Å²) in [7, 11) is 0. The summed E-state index contributed by atoms with van der Waals surface area (Å²) in [6, 6.07) is 23.7. The van der Waals surface area contributed by atoms with Crippen molar-refractivity contribution in [3.8, 4) is 0 Å². The minimum absolute atomic E-state index is 0.148. The van der Waals surface area contributed by atoms with Crippen LogP contribution in [-0.4, -0.2) is 21.5 Å². The number of fused-ring (bicyclic) bond motifs is 2. The van der Waals surface area contributed by atoms with Crippen LogP contribution in [0.4, 0.5) is 16.5 Å². The van der Waals surface area contributed by atoms with E-state index in [0.717, 1.165) is 26.8 Å². The van der Waals surface area contributed by atoms with Crippen molar-refractivity contribution in [2.75, 3.05) is 9.80 Å². The molecule has 0 saturated carbocycles. The molecule has 2 aliphatic rings. The van der Waals surface area contributed by atoms with Gasteiger partial charge in [0.1, 0.15) is 10.4 Å². The van der Waals surface area contributed by atoms with Gasteiger partial charge in [0.05, 0.1) is 24.0 Å². The normalized spacial score (nSPS) is 19.2. The molecular weight excluding hydrogens is 495 g/mol. The smallest absolute Gasteiger partial charge is 0.250 e. The first-order valence-corrected chi connectivity index (χ1v) is 12.7. The molecule has 9 heteroatoms. The van der Waals surface area contributed by atoms with E-state index in [1.165, 1.54) is 16.2 Å². The Hall–Kier alpha value is -2.58. The Morgan fingerprint density at radius 1 is 0.909 bits per heavy atom. The summed E-state index contributed by atoms with van der Waals surface area (Å²) in [5, 5.41) is 10.2. The molecule has 1 fully saturated rings. The number of nitrogens with zero attached hydrogens (tertiary/aromatic N) is 4. The summed E-state index contributed by atoms with van der Waals surface area (Å²) in [5.74, 6) is -0.148. The van der Waals surface area contributed by atoms with E-state index in [1.54, 1.807) is 16.7 Å². The van der Waals surface area contributed by atoms with Crippen LogP contribution in [0.15, 0.2) is 82.6 Å². The van der Waals surface area contributed by atoms with Crippen LogP contribution in [0.25, 0.3) is 0 Å². The highest BCUT2D eigenvalue weighted by Crippen LogP contribution is 2.50. The summed E-state index contributed by atoms with van der Waals surface area (Å²) in [6.07, 6.45) is 0. The van der Waals surface area contributed by atoms with Crippen molar-refractivity contribution in [3.05, 3.63) is 88.4 Å². The van der Waals surface area contributed by atoms with Crippen LogP contribution >= 0.6 is 46.3 Å². The lowest BCUT2D eigenvalue weighted by Gasteiger charge is -2.42. The average molecular weight is 511 g/mol. The van der Waals surface area contributed by atoms with Gasteiger partial charge >= 0.3 is 0 Å². The van der Waals surface area contributed by atoms with E-state index in [1.807, 2.05) is 60.7 Å². The lowest BCUT2D eigenvalue weighted by molar-refractivity contribution is -0.123. The Morgan fingerprint density at radius 3 is 2.52 bits per heavy atom. The predicted molar refractivity (Wildman–Crippen MR) is 134 cm³/mol. The van der Waals surface area contributed by atoms with E-state index in [-0.39, 0.29) is 11.9 Å². The van der Waals surface area contributed by atoms with E-state index < -0.39 is 5.38 Å². The Bertz CT molecular complexity index is 1360.